The van der Waals surface area contributed by atoms with Crippen LogP contribution >= 0.6 is 0 Å². The zero-order valence-electron chi connectivity index (χ0n) is 12.6. The van der Waals surface area contributed by atoms with Crippen LogP contribution in [0.3, 0.4) is 0 Å². The molecule has 1 aliphatic rings. The van der Waals surface area contributed by atoms with Gasteiger partial charge in [-0.1, -0.05) is 5.16 Å². The Labute approximate surface area is 131 Å². The molecule has 2 heterocycles. The van der Waals surface area contributed by atoms with Crippen molar-refractivity contribution in [2.45, 2.75) is 26.4 Å². The molecule has 23 heavy (non-hydrogen) atoms. The molecule has 1 aliphatic heterocycles. The summed E-state index contributed by atoms with van der Waals surface area (Å²) in [5, 5.41) is 18.7. The lowest BCUT2D eigenvalue weighted by molar-refractivity contribution is -0.384. The van der Waals surface area contributed by atoms with Crippen molar-refractivity contribution in [1.82, 2.24) is 9.78 Å². The van der Waals surface area contributed by atoms with Crippen molar-refractivity contribution >= 4 is 17.3 Å². The van der Waals surface area contributed by atoms with E-state index in [2.05, 4.69) is 10.3 Å². The van der Waals surface area contributed by atoms with E-state index in [4.69, 9.17) is 4.84 Å². The van der Waals surface area contributed by atoms with Crippen LogP contribution in [0.15, 0.2) is 35.5 Å². The molecule has 0 bridgehead atoms. The van der Waals surface area contributed by atoms with E-state index < -0.39 is 11.0 Å². The first-order chi connectivity index (χ1) is 11.0. The maximum Gasteiger partial charge on any atom is 0.291 e. The SMILES string of the molecule is Cc1cc(C)n(C(=O)[C@H]2CC(c3ccc([N+](=O)[O-])cc3)=NO2)n1. The molecular formula is C15H14N4O4. The van der Waals surface area contributed by atoms with Crippen molar-refractivity contribution in [3.63, 3.8) is 0 Å². The maximum absolute atomic E-state index is 12.4. The van der Waals surface area contributed by atoms with Crippen LogP contribution < -0.4 is 0 Å². The van der Waals surface area contributed by atoms with Crippen molar-refractivity contribution in [1.29, 1.82) is 0 Å². The first kappa shape index (κ1) is 14.9. The highest BCUT2D eigenvalue weighted by atomic mass is 16.6. The first-order valence-corrected chi connectivity index (χ1v) is 7.00. The zero-order chi connectivity index (χ0) is 16.6. The molecule has 0 saturated heterocycles. The van der Waals surface area contributed by atoms with Gasteiger partial charge >= 0.3 is 0 Å². The van der Waals surface area contributed by atoms with Gasteiger partial charge in [0.15, 0.2) is 0 Å². The van der Waals surface area contributed by atoms with E-state index in [0.29, 0.717) is 17.7 Å². The van der Waals surface area contributed by atoms with E-state index in [9.17, 15) is 14.9 Å². The number of oxime groups is 1. The lowest BCUT2D eigenvalue weighted by Gasteiger charge is -2.08. The molecule has 0 saturated carbocycles. The number of nitro benzene ring substituents is 1. The Morgan fingerprint density at radius 2 is 2.04 bits per heavy atom. The van der Waals surface area contributed by atoms with Gasteiger partial charge in [0.25, 0.3) is 11.6 Å². The second-order valence-electron chi connectivity index (χ2n) is 5.32. The molecule has 8 heteroatoms. The van der Waals surface area contributed by atoms with Gasteiger partial charge in [0.1, 0.15) is 0 Å². The second kappa shape index (κ2) is 5.64. The number of hydrogen-bond donors (Lipinski definition) is 0. The quantitative estimate of drug-likeness (QED) is 0.639. The molecule has 3 rings (SSSR count). The van der Waals surface area contributed by atoms with E-state index in [1.54, 1.807) is 19.1 Å². The van der Waals surface area contributed by atoms with Gasteiger partial charge in [0.2, 0.25) is 6.10 Å². The van der Waals surface area contributed by atoms with Crippen LogP contribution in [0.1, 0.15) is 28.2 Å². The average Bonchev–Trinajstić information content (AvgIpc) is 3.13. The van der Waals surface area contributed by atoms with E-state index in [0.717, 1.165) is 11.4 Å². The smallest absolute Gasteiger partial charge is 0.291 e. The van der Waals surface area contributed by atoms with E-state index in [-0.39, 0.29) is 11.6 Å². The number of carbonyl (C=O) groups is 1. The van der Waals surface area contributed by atoms with Crippen LogP contribution in [-0.4, -0.2) is 32.4 Å². The standard InChI is InChI=1S/C15H14N4O4/c1-9-7-10(2)18(16-9)15(20)14-8-13(17-23-14)11-3-5-12(6-4-11)19(21)22/h3-7,14H,8H2,1-2H3/t14-/m1/s1. The minimum Gasteiger partial charge on any atom is -0.382 e. The zero-order valence-corrected chi connectivity index (χ0v) is 12.6. The van der Waals surface area contributed by atoms with Crippen LogP contribution in [0, 0.1) is 24.0 Å². The Kier molecular flexibility index (Phi) is 3.65. The molecule has 1 aromatic carbocycles. The molecule has 0 fully saturated rings. The number of nitrogens with zero attached hydrogens (tertiary/aromatic N) is 4. The van der Waals surface area contributed by atoms with Crippen molar-refractivity contribution in [3.05, 3.63) is 57.4 Å². The molecule has 8 nitrogen and oxygen atoms in total. The number of benzene rings is 1. The fourth-order valence-electron chi connectivity index (χ4n) is 2.44. The van der Waals surface area contributed by atoms with Crippen LogP contribution in [0.4, 0.5) is 5.69 Å². The summed E-state index contributed by atoms with van der Waals surface area (Å²) in [6.07, 6.45) is -0.437. The van der Waals surface area contributed by atoms with Gasteiger partial charge in [-0.2, -0.15) is 5.10 Å². The molecule has 0 radical (unpaired) electrons. The van der Waals surface area contributed by atoms with Crippen LogP contribution in [0.2, 0.25) is 0 Å². The van der Waals surface area contributed by atoms with E-state index >= 15 is 0 Å². The highest BCUT2D eigenvalue weighted by molar-refractivity contribution is 6.04. The molecule has 118 valence electrons. The molecule has 0 spiro atoms. The Morgan fingerprint density at radius 3 is 2.61 bits per heavy atom. The second-order valence-corrected chi connectivity index (χ2v) is 5.32. The third kappa shape index (κ3) is 2.83. The number of non-ortho nitro benzene ring substituents is 1. The number of hydrogen-bond acceptors (Lipinski definition) is 6. The predicted molar refractivity (Wildman–Crippen MR) is 81.5 cm³/mol. The van der Waals surface area contributed by atoms with Crippen molar-refractivity contribution < 1.29 is 14.6 Å². The monoisotopic (exact) mass is 314 g/mol. The third-order valence-corrected chi connectivity index (χ3v) is 3.57. The fraction of sp³-hybridized carbons (Fsp3) is 0.267. The minimum absolute atomic E-state index is 0.00327. The van der Waals surface area contributed by atoms with Gasteiger partial charge in [-0.25, -0.2) is 4.68 Å². The van der Waals surface area contributed by atoms with Gasteiger partial charge < -0.3 is 4.84 Å². The lowest BCUT2D eigenvalue weighted by Crippen LogP contribution is -2.28. The highest BCUT2D eigenvalue weighted by Crippen LogP contribution is 2.20. The van der Waals surface area contributed by atoms with Gasteiger partial charge in [-0.15, -0.1) is 0 Å². The number of aryl methyl sites for hydroxylation is 2. The molecule has 1 atom stereocenters. The Balaban J connectivity index is 1.73. The lowest BCUT2D eigenvalue weighted by atomic mass is 10.0. The topological polar surface area (TPSA) is 99.6 Å². The van der Waals surface area contributed by atoms with Crippen molar-refractivity contribution in [3.8, 4) is 0 Å². The Morgan fingerprint density at radius 1 is 1.35 bits per heavy atom. The Hall–Kier alpha value is -3.03. The minimum atomic E-state index is -0.738. The summed E-state index contributed by atoms with van der Waals surface area (Å²) < 4.78 is 1.31. The third-order valence-electron chi connectivity index (χ3n) is 3.57. The van der Waals surface area contributed by atoms with Crippen molar-refractivity contribution in [2.24, 2.45) is 5.16 Å². The van der Waals surface area contributed by atoms with Gasteiger partial charge in [-0.05, 0) is 37.6 Å². The highest BCUT2D eigenvalue weighted by Gasteiger charge is 2.31. The molecule has 2 aromatic rings. The van der Waals surface area contributed by atoms with Crippen LogP contribution in [-0.2, 0) is 4.84 Å². The summed E-state index contributed by atoms with van der Waals surface area (Å²) in [7, 11) is 0. The van der Waals surface area contributed by atoms with Crippen molar-refractivity contribution in [2.75, 3.05) is 0 Å². The maximum atomic E-state index is 12.4. The van der Waals surface area contributed by atoms with Crippen LogP contribution in [0.25, 0.3) is 0 Å². The van der Waals surface area contributed by atoms with Gasteiger partial charge in [0, 0.05) is 24.2 Å². The summed E-state index contributed by atoms with van der Waals surface area (Å²) in [6.45, 7) is 3.61. The fourth-order valence-corrected chi connectivity index (χ4v) is 2.44. The average molecular weight is 314 g/mol. The Bertz CT molecular complexity index is 807. The predicted octanol–water partition coefficient (Wildman–Crippen LogP) is 2.24. The molecule has 0 aliphatic carbocycles. The normalized spacial score (nSPS) is 16.8. The molecule has 1 aromatic heterocycles. The van der Waals surface area contributed by atoms with Gasteiger partial charge in [-0.3, -0.25) is 14.9 Å². The molecule has 0 amide bonds. The molecular weight excluding hydrogens is 300 g/mol. The van der Waals surface area contributed by atoms with Gasteiger partial charge in [0.05, 0.1) is 16.3 Å². The number of carbonyl (C=O) groups excluding carboxylic acids is 1. The molecule has 0 N–H and O–H groups in total. The summed E-state index contributed by atoms with van der Waals surface area (Å²) >= 11 is 0. The number of aromatic nitrogens is 2. The summed E-state index contributed by atoms with van der Waals surface area (Å²) in [6, 6.07) is 7.79. The van der Waals surface area contributed by atoms with E-state index in [1.165, 1.54) is 16.8 Å². The summed E-state index contributed by atoms with van der Waals surface area (Å²) in [4.78, 5) is 27.8. The number of rotatable bonds is 3. The first-order valence-electron chi connectivity index (χ1n) is 7.00. The molecule has 0 unspecified atom stereocenters. The largest absolute Gasteiger partial charge is 0.382 e. The van der Waals surface area contributed by atoms with E-state index in [1.807, 2.05) is 13.0 Å². The number of nitro groups is 1. The summed E-state index contributed by atoms with van der Waals surface area (Å²) in [5.41, 5.74) is 2.77. The van der Waals surface area contributed by atoms with Crippen LogP contribution in [0.5, 0.6) is 0 Å². The summed E-state index contributed by atoms with van der Waals surface area (Å²) in [5.74, 6) is -0.281.